The lowest BCUT2D eigenvalue weighted by molar-refractivity contribution is -0.593. The van der Waals surface area contributed by atoms with Crippen LogP contribution in [0.5, 0.6) is 0 Å². The Morgan fingerprint density at radius 2 is 2.00 bits per heavy atom. The maximum atomic E-state index is 12.4. The summed E-state index contributed by atoms with van der Waals surface area (Å²) in [5.74, 6) is -0.258. The minimum atomic E-state index is -2.37. The molecule has 26 heavy (non-hydrogen) atoms. The number of amides is 1. The average molecular weight is 384 g/mol. The quantitative estimate of drug-likeness (QED) is 0.234. The molecule has 0 heterocycles. The van der Waals surface area contributed by atoms with Crippen molar-refractivity contribution in [1.29, 1.82) is 0 Å². The van der Waals surface area contributed by atoms with Crippen LogP contribution < -0.4 is 11.1 Å². The van der Waals surface area contributed by atoms with Gasteiger partial charge in [0.1, 0.15) is 6.04 Å². The summed E-state index contributed by atoms with van der Waals surface area (Å²) in [6.45, 7) is 5.83. The summed E-state index contributed by atoms with van der Waals surface area (Å²) in [6, 6.07) is 6.81. The molecule has 1 aromatic carbocycles. The number of hydrogen-bond acceptors (Lipinski definition) is 6. The first kappa shape index (κ1) is 22.4. The number of nitrogens with two attached hydrogens (primary N) is 1. The number of carbonyl (C=O) groups excluding carboxylic acids is 1. The molecule has 0 aliphatic carbocycles. The highest BCUT2D eigenvalue weighted by Crippen LogP contribution is 2.35. The van der Waals surface area contributed by atoms with E-state index in [-0.39, 0.29) is 12.3 Å². The van der Waals surface area contributed by atoms with E-state index in [1.54, 1.807) is 30.3 Å². The van der Waals surface area contributed by atoms with Gasteiger partial charge in [-0.2, -0.15) is 0 Å². The molecule has 3 atom stereocenters. The zero-order valence-electron chi connectivity index (χ0n) is 15.6. The van der Waals surface area contributed by atoms with Gasteiger partial charge >= 0.3 is 5.06 Å². The van der Waals surface area contributed by atoms with Crippen LogP contribution in [0.15, 0.2) is 35.2 Å². The summed E-state index contributed by atoms with van der Waals surface area (Å²) < 4.78 is 0. The SMILES string of the molecule is CCCC[C@H](NC(=O)[C@@H](N)CC(C)C)C(O)(Sc1ccccc1)[N+](=O)[O-]. The van der Waals surface area contributed by atoms with Gasteiger partial charge in [0.2, 0.25) is 5.91 Å². The molecule has 1 unspecified atom stereocenters. The second-order valence-corrected chi connectivity index (χ2v) is 8.05. The molecule has 1 aromatic rings. The van der Waals surface area contributed by atoms with Crippen molar-refractivity contribution in [1.82, 2.24) is 5.32 Å². The van der Waals surface area contributed by atoms with Gasteiger partial charge in [0.25, 0.3) is 0 Å². The van der Waals surface area contributed by atoms with Gasteiger partial charge in [-0.3, -0.25) is 14.9 Å². The zero-order valence-corrected chi connectivity index (χ0v) is 16.4. The Morgan fingerprint density at radius 3 is 2.50 bits per heavy atom. The summed E-state index contributed by atoms with van der Waals surface area (Å²) >= 11 is 0.726. The lowest BCUT2D eigenvalue weighted by Crippen LogP contribution is -2.58. The van der Waals surface area contributed by atoms with Gasteiger partial charge in [-0.15, -0.1) is 0 Å². The van der Waals surface area contributed by atoms with Gasteiger partial charge in [-0.25, -0.2) is 0 Å². The maximum absolute atomic E-state index is 12.4. The van der Waals surface area contributed by atoms with Crippen LogP contribution in [0.2, 0.25) is 0 Å². The second kappa shape index (κ2) is 10.5. The van der Waals surface area contributed by atoms with Gasteiger partial charge in [-0.1, -0.05) is 51.8 Å². The van der Waals surface area contributed by atoms with Crippen molar-refractivity contribution in [3.05, 3.63) is 40.4 Å². The maximum Gasteiger partial charge on any atom is 0.396 e. The number of unbranched alkanes of at least 4 members (excludes halogenated alkanes) is 1. The number of hydrogen-bond donors (Lipinski definition) is 3. The number of nitrogens with one attached hydrogen (secondary N) is 1. The van der Waals surface area contributed by atoms with Gasteiger partial charge in [0.15, 0.2) is 0 Å². The van der Waals surface area contributed by atoms with Crippen LogP contribution in [0.3, 0.4) is 0 Å². The first-order valence-electron chi connectivity index (χ1n) is 8.87. The van der Waals surface area contributed by atoms with E-state index in [1.807, 2.05) is 20.8 Å². The van der Waals surface area contributed by atoms with E-state index in [0.717, 1.165) is 18.2 Å². The Bertz CT molecular complexity index is 585. The lowest BCUT2D eigenvalue weighted by atomic mass is 10.0. The van der Waals surface area contributed by atoms with E-state index in [0.29, 0.717) is 17.7 Å². The van der Waals surface area contributed by atoms with Crippen molar-refractivity contribution in [2.24, 2.45) is 11.7 Å². The van der Waals surface area contributed by atoms with E-state index in [2.05, 4.69) is 5.32 Å². The Hall–Kier alpha value is -1.64. The standard InChI is InChI=1S/C18H29N3O4S/c1-4-5-11-16(20-17(22)15(19)12-13(2)3)18(23,21(24)25)26-14-9-7-6-8-10-14/h6-10,13,15-16,23H,4-5,11-12,19H2,1-3H3,(H,20,22)/t15-,16-,18?/m0/s1. The van der Waals surface area contributed by atoms with Crippen molar-refractivity contribution in [2.45, 2.75) is 68.5 Å². The van der Waals surface area contributed by atoms with Crippen molar-refractivity contribution in [2.75, 3.05) is 0 Å². The zero-order chi connectivity index (χ0) is 19.7. The summed E-state index contributed by atoms with van der Waals surface area (Å²) in [7, 11) is 0. The lowest BCUT2D eigenvalue weighted by Gasteiger charge is -2.29. The third kappa shape index (κ3) is 6.59. The fraction of sp³-hybridized carbons (Fsp3) is 0.611. The predicted molar refractivity (Wildman–Crippen MR) is 103 cm³/mol. The van der Waals surface area contributed by atoms with E-state index < -0.39 is 28.0 Å². The van der Waals surface area contributed by atoms with Crippen LogP contribution in [-0.2, 0) is 4.79 Å². The number of carbonyl (C=O) groups is 1. The van der Waals surface area contributed by atoms with Crippen LogP contribution in [-0.4, -0.2) is 33.1 Å². The van der Waals surface area contributed by atoms with E-state index >= 15 is 0 Å². The van der Waals surface area contributed by atoms with Gasteiger partial charge in [0.05, 0.1) is 11.0 Å². The molecule has 0 aliphatic rings. The summed E-state index contributed by atoms with van der Waals surface area (Å²) in [6.07, 6.45) is 2.17. The molecule has 0 aromatic heterocycles. The Morgan fingerprint density at radius 1 is 1.38 bits per heavy atom. The summed E-state index contributed by atoms with van der Waals surface area (Å²) in [5.41, 5.74) is 5.90. The second-order valence-electron chi connectivity index (χ2n) is 6.77. The molecule has 0 saturated heterocycles. The Kier molecular flexibility index (Phi) is 9.04. The number of benzene rings is 1. The van der Waals surface area contributed by atoms with Gasteiger partial charge < -0.3 is 16.2 Å². The first-order valence-corrected chi connectivity index (χ1v) is 9.69. The molecular formula is C18H29N3O4S. The van der Waals surface area contributed by atoms with Crippen LogP contribution in [0.1, 0.15) is 46.5 Å². The highest BCUT2D eigenvalue weighted by molar-refractivity contribution is 8.00. The van der Waals surface area contributed by atoms with Gasteiger partial charge in [0, 0.05) is 4.90 Å². The fourth-order valence-electron chi connectivity index (χ4n) is 2.55. The number of rotatable bonds is 11. The molecular weight excluding hydrogens is 354 g/mol. The molecule has 0 radical (unpaired) electrons. The molecule has 0 bridgehead atoms. The molecule has 1 amide bonds. The van der Waals surface area contributed by atoms with Crippen molar-refractivity contribution in [3.63, 3.8) is 0 Å². The molecule has 7 nitrogen and oxygen atoms in total. The third-order valence-corrected chi connectivity index (χ3v) is 5.19. The van der Waals surface area contributed by atoms with Crippen LogP contribution in [0.25, 0.3) is 0 Å². The summed E-state index contributed by atoms with van der Waals surface area (Å²) in [4.78, 5) is 23.9. The Labute approximate surface area is 158 Å². The molecule has 0 aliphatic heterocycles. The minimum Gasteiger partial charge on any atom is -0.342 e. The van der Waals surface area contributed by atoms with E-state index in [1.165, 1.54) is 0 Å². The van der Waals surface area contributed by atoms with Crippen molar-refractivity contribution in [3.8, 4) is 0 Å². The molecule has 4 N–H and O–H groups in total. The largest absolute Gasteiger partial charge is 0.396 e. The summed E-state index contributed by atoms with van der Waals surface area (Å²) in [5, 5.41) is 22.8. The number of nitro groups is 1. The van der Waals surface area contributed by atoms with Crippen molar-refractivity contribution < 1.29 is 14.8 Å². The smallest absolute Gasteiger partial charge is 0.342 e. The molecule has 1 rings (SSSR count). The normalized spacial score (nSPS) is 15.9. The minimum absolute atomic E-state index is 0.220. The molecule has 0 spiro atoms. The first-order chi connectivity index (χ1) is 12.2. The third-order valence-electron chi connectivity index (χ3n) is 3.95. The molecule has 0 saturated carbocycles. The van der Waals surface area contributed by atoms with E-state index in [4.69, 9.17) is 5.73 Å². The highest BCUT2D eigenvalue weighted by Gasteiger charge is 2.51. The van der Waals surface area contributed by atoms with E-state index in [9.17, 15) is 20.0 Å². The predicted octanol–water partition coefficient (Wildman–Crippen LogP) is 2.75. The van der Waals surface area contributed by atoms with Crippen LogP contribution >= 0.6 is 11.8 Å². The molecule has 0 fully saturated rings. The average Bonchev–Trinajstić information content (AvgIpc) is 2.58. The Balaban J connectivity index is 3.04. The topological polar surface area (TPSA) is 118 Å². The van der Waals surface area contributed by atoms with Crippen LogP contribution in [0.4, 0.5) is 0 Å². The number of thioether (sulfide) groups is 1. The highest BCUT2D eigenvalue weighted by atomic mass is 32.2. The molecule has 146 valence electrons. The number of aliphatic hydroxyl groups is 1. The van der Waals surface area contributed by atoms with Gasteiger partial charge in [-0.05, 0) is 42.7 Å². The fourth-order valence-corrected chi connectivity index (χ4v) is 3.59. The number of nitrogens with zero attached hydrogens (tertiary/aromatic N) is 1. The molecule has 8 heteroatoms. The monoisotopic (exact) mass is 383 g/mol. The van der Waals surface area contributed by atoms with Crippen molar-refractivity contribution >= 4 is 17.7 Å². The van der Waals surface area contributed by atoms with Crippen LogP contribution in [0, 0.1) is 16.0 Å².